The minimum absolute atomic E-state index is 0.00125. The first-order chi connectivity index (χ1) is 32.9. The summed E-state index contributed by atoms with van der Waals surface area (Å²) < 4.78 is 5.61. The molecular formula is C48H32BrN11O8. The molecular weight excluding hydrogens is 939 g/mol. The van der Waals surface area contributed by atoms with E-state index in [9.17, 15) is 33.6 Å². The number of nitrogens with zero attached hydrogens (tertiary/aromatic N) is 7. The fourth-order valence-corrected chi connectivity index (χ4v) is 8.24. The molecule has 2 aliphatic rings. The van der Waals surface area contributed by atoms with Gasteiger partial charge in [-0.05, 0) is 59.7 Å². The predicted octanol–water partition coefficient (Wildman–Crippen LogP) is 5.30. The number of aromatic amines is 3. The van der Waals surface area contributed by atoms with E-state index in [1.165, 1.54) is 6.26 Å². The van der Waals surface area contributed by atoms with E-state index in [4.69, 9.17) is 15.5 Å². The van der Waals surface area contributed by atoms with Crippen molar-refractivity contribution < 1.29 is 23.7 Å². The average Bonchev–Trinajstić information content (AvgIpc) is 4.05. The predicted molar refractivity (Wildman–Crippen MR) is 249 cm³/mol. The van der Waals surface area contributed by atoms with Gasteiger partial charge in [0.05, 0.1) is 87.3 Å². The average molecular weight is 971 g/mol. The summed E-state index contributed by atoms with van der Waals surface area (Å²) in [7, 11) is 0. The zero-order valence-electron chi connectivity index (χ0n) is 35.1. The second kappa shape index (κ2) is 18.4. The first-order valence-electron chi connectivity index (χ1n) is 20.5. The quantitative estimate of drug-likeness (QED) is 0.147. The summed E-state index contributed by atoms with van der Waals surface area (Å²) in [6.07, 6.45) is 3.32. The number of rotatable bonds is 7. The second-order valence-corrected chi connectivity index (χ2v) is 16.2. The highest BCUT2D eigenvalue weighted by Crippen LogP contribution is 2.29. The van der Waals surface area contributed by atoms with E-state index in [0.29, 0.717) is 66.3 Å². The zero-order valence-corrected chi connectivity index (χ0v) is 36.7. The Morgan fingerprint density at radius 3 is 1.50 bits per heavy atom. The number of amides is 4. The summed E-state index contributed by atoms with van der Waals surface area (Å²) in [5, 5.41) is 34.8. The van der Waals surface area contributed by atoms with Crippen LogP contribution >= 0.6 is 15.9 Å². The molecule has 334 valence electrons. The highest BCUT2D eigenvalue weighted by Gasteiger charge is 2.37. The van der Waals surface area contributed by atoms with Crippen molar-refractivity contribution >= 4 is 71.9 Å². The van der Waals surface area contributed by atoms with Crippen LogP contribution in [0.4, 0.5) is 0 Å². The minimum Gasteiger partial charge on any atom is -0.364 e. The van der Waals surface area contributed by atoms with Gasteiger partial charge >= 0.3 is 0 Å². The summed E-state index contributed by atoms with van der Waals surface area (Å²) in [5.74, 6) is -1.45. The van der Waals surface area contributed by atoms with Gasteiger partial charge in [-0.3, -0.25) is 43.4 Å². The number of halogens is 1. The van der Waals surface area contributed by atoms with Crippen molar-refractivity contribution in [1.29, 1.82) is 5.26 Å². The topological polar surface area (TPSA) is 288 Å². The molecule has 0 unspecified atom stereocenters. The molecule has 0 spiro atoms. The van der Waals surface area contributed by atoms with Gasteiger partial charge in [0.15, 0.2) is 0 Å². The summed E-state index contributed by atoms with van der Waals surface area (Å²) in [6.45, 7) is 0.234. The lowest BCUT2D eigenvalue weighted by molar-refractivity contribution is 0.0625. The highest BCUT2D eigenvalue weighted by molar-refractivity contribution is 9.10. The van der Waals surface area contributed by atoms with Crippen molar-refractivity contribution in [2.75, 3.05) is 0 Å². The van der Waals surface area contributed by atoms with Gasteiger partial charge < -0.3 is 10.3 Å². The largest absolute Gasteiger partial charge is 0.364 e. The van der Waals surface area contributed by atoms with Crippen molar-refractivity contribution in [3.63, 3.8) is 0 Å². The molecule has 11 rings (SSSR count). The molecule has 4 amide bonds. The fourth-order valence-electron chi connectivity index (χ4n) is 7.88. The van der Waals surface area contributed by atoms with Crippen LogP contribution in [0.2, 0.25) is 0 Å². The lowest BCUT2D eigenvalue weighted by atomic mass is 10.0. The van der Waals surface area contributed by atoms with Gasteiger partial charge in [0.25, 0.3) is 40.3 Å². The molecule has 9 aromatic rings. The van der Waals surface area contributed by atoms with Crippen LogP contribution in [-0.4, -0.2) is 69.2 Å². The summed E-state index contributed by atoms with van der Waals surface area (Å²) in [6, 6.07) is 31.2. The van der Waals surface area contributed by atoms with Crippen LogP contribution in [0, 0.1) is 11.3 Å². The lowest BCUT2D eigenvalue weighted by Crippen LogP contribution is -2.30. The van der Waals surface area contributed by atoms with E-state index in [2.05, 4.69) is 51.7 Å². The normalized spacial score (nSPS) is 12.7. The molecule has 0 atom stereocenters. The Morgan fingerprint density at radius 2 is 1.01 bits per heavy atom. The lowest BCUT2D eigenvalue weighted by Gasteiger charge is -2.14. The molecule has 0 saturated heterocycles. The van der Waals surface area contributed by atoms with Crippen molar-refractivity contribution in [2.24, 2.45) is 5.73 Å². The zero-order chi connectivity index (χ0) is 47.6. The first-order valence-corrected chi connectivity index (χ1v) is 21.3. The molecule has 0 saturated carbocycles. The molecule has 5 N–H and O–H groups in total. The Balaban J connectivity index is 0.000000132. The number of nitrogens with one attached hydrogen (secondary N) is 3. The molecule has 6 heterocycles. The molecule has 0 fully saturated rings. The van der Waals surface area contributed by atoms with Gasteiger partial charge in [-0.25, -0.2) is 15.3 Å². The van der Waals surface area contributed by atoms with Gasteiger partial charge in [0.2, 0.25) is 0 Å². The molecule has 19 nitrogen and oxygen atoms in total. The number of hydrogen-bond donors (Lipinski definition) is 4. The molecule has 4 aromatic heterocycles. The van der Waals surface area contributed by atoms with Crippen LogP contribution in [0.3, 0.4) is 0 Å². The Labute approximate surface area is 389 Å². The monoisotopic (exact) mass is 969 g/mol. The van der Waals surface area contributed by atoms with E-state index >= 15 is 0 Å². The van der Waals surface area contributed by atoms with Crippen LogP contribution in [0.5, 0.6) is 0 Å². The van der Waals surface area contributed by atoms with Crippen molar-refractivity contribution in [2.45, 2.75) is 26.1 Å². The SMILES string of the molecule is N#CCc1ccc2c(CN)n[nH]c(=O)c2c1.O=C1c2ccccc2C(=O)N1Cc1n[nH]c(=O)c2cc(-c3cnoc3)ccc12.O=C1c2ccccc2C(=O)N1Cc1n[nH]c(=O)c2cc(Br)ccc12. The number of carbonyl (C=O) groups is 4. The Morgan fingerprint density at radius 1 is 0.559 bits per heavy atom. The smallest absolute Gasteiger partial charge is 0.272 e. The summed E-state index contributed by atoms with van der Waals surface area (Å²) in [5.41, 5.74) is 9.96. The van der Waals surface area contributed by atoms with Crippen LogP contribution in [-0.2, 0) is 26.1 Å². The van der Waals surface area contributed by atoms with Gasteiger partial charge in [-0.1, -0.05) is 75.7 Å². The van der Waals surface area contributed by atoms with Crippen LogP contribution in [0.1, 0.15) is 64.1 Å². The third-order valence-electron chi connectivity index (χ3n) is 11.2. The standard InChI is InChI=1S/C20H12N4O4.C17H10BrN3O3.C11H10N4O/c25-18-16-7-11(12-8-21-28-10-12)5-6-13(16)17(22-23-18)9-24-19(26)14-3-1-2-4-15(14)20(24)27;18-9-5-6-10-13(7-9)15(22)20-19-14(10)8-21-16(23)11-3-1-2-4-12(11)17(21)24;12-4-3-7-1-2-8-9(5-7)11(16)15-14-10(8)6-13/h1-8,10H,9H2,(H,23,25);1-7H,8H2,(H,20,22);1-2,5H,3,6,13H2,(H,15,16). The second-order valence-electron chi connectivity index (χ2n) is 15.3. The molecule has 0 aliphatic carbocycles. The van der Waals surface area contributed by atoms with E-state index in [0.717, 1.165) is 36.3 Å². The van der Waals surface area contributed by atoms with Gasteiger partial charge in [-0.2, -0.15) is 20.6 Å². The van der Waals surface area contributed by atoms with E-state index in [1.807, 2.05) is 18.2 Å². The Bertz CT molecular complexity index is 3700. The van der Waals surface area contributed by atoms with E-state index in [-0.39, 0.29) is 66.4 Å². The number of aromatic nitrogens is 7. The third-order valence-corrected chi connectivity index (χ3v) is 11.7. The fraction of sp³-hybridized carbons (Fsp3) is 0.0833. The maximum Gasteiger partial charge on any atom is 0.272 e. The highest BCUT2D eigenvalue weighted by atomic mass is 79.9. The maximum atomic E-state index is 12.6. The van der Waals surface area contributed by atoms with E-state index < -0.39 is 0 Å². The van der Waals surface area contributed by atoms with Crippen LogP contribution in [0.25, 0.3) is 43.4 Å². The van der Waals surface area contributed by atoms with Gasteiger partial charge in [-0.15, -0.1) is 0 Å². The first kappa shape index (κ1) is 44.2. The van der Waals surface area contributed by atoms with Crippen LogP contribution < -0.4 is 22.4 Å². The third kappa shape index (κ3) is 8.25. The summed E-state index contributed by atoms with van der Waals surface area (Å²) in [4.78, 5) is 88.2. The number of nitriles is 1. The van der Waals surface area contributed by atoms with Crippen molar-refractivity contribution in [3.8, 4) is 17.2 Å². The number of H-pyrrole nitrogens is 3. The number of hydrogen-bond acceptors (Lipinski definition) is 14. The van der Waals surface area contributed by atoms with E-state index in [1.54, 1.807) is 97.2 Å². The molecule has 68 heavy (non-hydrogen) atoms. The minimum atomic E-state index is -0.372. The number of carbonyl (C=O) groups excluding carboxylic acids is 4. The molecule has 2 aliphatic heterocycles. The van der Waals surface area contributed by atoms with Crippen molar-refractivity contribution in [3.05, 3.63) is 196 Å². The Kier molecular flexibility index (Phi) is 12.0. The van der Waals surface area contributed by atoms with Gasteiger partial charge in [0.1, 0.15) is 6.26 Å². The molecule has 0 radical (unpaired) electrons. The molecule has 20 heteroatoms. The Hall–Kier alpha value is -9.06. The van der Waals surface area contributed by atoms with Crippen LogP contribution in [0.15, 0.2) is 139 Å². The number of nitrogens with two attached hydrogens (primary N) is 1. The summed E-state index contributed by atoms with van der Waals surface area (Å²) >= 11 is 3.33. The number of fused-ring (bicyclic) bond motifs is 5. The number of benzene rings is 5. The van der Waals surface area contributed by atoms with Gasteiger partial charge in [0, 0.05) is 32.7 Å². The van der Waals surface area contributed by atoms with Crippen molar-refractivity contribution in [1.82, 2.24) is 45.5 Å². The number of imide groups is 2. The maximum absolute atomic E-state index is 12.6. The molecule has 0 bridgehead atoms. The molecule has 5 aromatic carbocycles.